The van der Waals surface area contributed by atoms with Gasteiger partial charge in [-0.1, -0.05) is 36.4 Å². The third kappa shape index (κ3) is 34.6. The molecule has 4 aromatic carbocycles. The molecular formula is C91H141N17O22. The monoisotopic (exact) mass is 1820 g/mol. The van der Waals surface area contributed by atoms with Crippen LogP contribution in [0.25, 0.3) is 22.1 Å². The summed E-state index contributed by atoms with van der Waals surface area (Å²) in [4.78, 5) is 131. The average molecular weight is 1830 g/mol. The molecular weight excluding hydrogens is 1680 g/mol. The quantitative estimate of drug-likeness (QED) is 0.0111. The van der Waals surface area contributed by atoms with E-state index in [1.54, 1.807) is 141 Å². The molecule has 2 aromatic heterocycles. The third-order valence-corrected chi connectivity index (χ3v) is 21.7. The maximum absolute atomic E-state index is 14.8. The van der Waals surface area contributed by atoms with Gasteiger partial charge in [0.05, 0.1) is 92.4 Å². The first-order valence-corrected chi connectivity index (χ1v) is 44.5. The first-order valence-electron chi connectivity index (χ1n) is 44.5. The van der Waals surface area contributed by atoms with E-state index in [2.05, 4.69) is 62.5 Å². The van der Waals surface area contributed by atoms with Crippen molar-refractivity contribution in [2.24, 2.45) is 5.73 Å². The van der Waals surface area contributed by atoms with E-state index in [0.29, 0.717) is 45.3 Å². The van der Waals surface area contributed by atoms with Gasteiger partial charge in [-0.3, -0.25) is 79.2 Å². The fraction of sp³-hybridized carbons (Fsp3) is 0.626. The molecule has 6 aromatic rings. The molecule has 2 aliphatic heterocycles. The summed E-state index contributed by atoms with van der Waals surface area (Å²) in [5.41, 5.74) is 9.95. The van der Waals surface area contributed by atoms with Crippen LogP contribution in [-0.4, -0.2) is 285 Å². The molecule has 130 heavy (non-hydrogen) atoms. The van der Waals surface area contributed by atoms with Crippen LogP contribution in [0.1, 0.15) is 219 Å². The molecule has 0 aliphatic carbocycles. The molecule has 39 heteroatoms. The number of para-hydroxylation sites is 4. The van der Waals surface area contributed by atoms with Crippen molar-refractivity contribution in [1.82, 2.24) is 71.4 Å². The molecule has 0 fully saturated rings. The van der Waals surface area contributed by atoms with Crippen molar-refractivity contribution in [2.45, 2.75) is 314 Å². The number of methoxy groups -OCH3 is 2. The lowest BCUT2D eigenvalue weighted by atomic mass is 10.0. The maximum atomic E-state index is 14.8. The predicted octanol–water partition coefficient (Wildman–Crippen LogP) is 4.05. The van der Waals surface area contributed by atoms with Gasteiger partial charge in [0.15, 0.2) is 0 Å². The Morgan fingerprint density at radius 1 is 0.492 bits per heavy atom. The maximum Gasteiger partial charge on any atom is 0.307 e. The summed E-state index contributed by atoms with van der Waals surface area (Å²) in [6.07, 6.45) is -14.0. The largest absolute Gasteiger partial charge is 0.469 e. The van der Waals surface area contributed by atoms with E-state index in [0.717, 1.165) is 22.1 Å². The number of nitrogens with zero attached hydrogens (tertiary/aromatic N) is 6. The fourth-order valence-corrected chi connectivity index (χ4v) is 15.3. The summed E-state index contributed by atoms with van der Waals surface area (Å²) in [6.45, 7) is 21.3. The minimum absolute atomic E-state index is 0.0148. The van der Waals surface area contributed by atoms with Crippen molar-refractivity contribution in [3.8, 4) is 0 Å². The number of carbonyl (C=O) groups excluding carboxylic acids is 8. The van der Waals surface area contributed by atoms with Gasteiger partial charge in [0.1, 0.15) is 83.9 Å². The highest BCUT2D eigenvalue weighted by atomic mass is 16.6. The summed E-state index contributed by atoms with van der Waals surface area (Å²) >= 11 is 0. The molecule has 2 aliphatic rings. The number of H-pyrrole nitrogens is 2. The van der Waals surface area contributed by atoms with Crippen molar-refractivity contribution in [2.75, 3.05) is 65.1 Å². The number of hydrogen-bond acceptors (Lipinski definition) is 35. The number of esters is 6. The second-order valence-corrected chi connectivity index (χ2v) is 37.5. The van der Waals surface area contributed by atoms with Gasteiger partial charge in [0.25, 0.3) is 0 Å². The number of benzene rings is 4. The number of fused-ring (bicyclic) bond motifs is 4. The van der Waals surface area contributed by atoms with Crippen LogP contribution in [0.2, 0.25) is 0 Å². The van der Waals surface area contributed by atoms with Crippen LogP contribution in [0, 0.1) is 0 Å². The Kier molecular flexibility index (Phi) is 39.7. The molecule has 4 heterocycles. The number of anilines is 2. The van der Waals surface area contributed by atoms with E-state index in [4.69, 9.17) is 34.2 Å². The minimum atomic E-state index is -1.76. The number of aliphatic hydroxyl groups is 8. The van der Waals surface area contributed by atoms with Crippen LogP contribution >= 0.6 is 0 Å². The lowest BCUT2D eigenvalue weighted by Crippen LogP contribution is -2.59. The van der Waals surface area contributed by atoms with Gasteiger partial charge < -0.3 is 106 Å². The van der Waals surface area contributed by atoms with Gasteiger partial charge in [-0.15, -0.1) is 0 Å². The van der Waals surface area contributed by atoms with E-state index in [1.807, 2.05) is 60.7 Å². The lowest BCUT2D eigenvalue weighted by Gasteiger charge is -2.32. The first kappa shape index (κ1) is 106. The molecule has 0 saturated carbocycles. The van der Waals surface area contributed by atoms with Gasteiger partial charge in [0, 0.05) is 81.9 Å². The molecule has 1 unspecified atom stereocenters. The number of aromatic amines is 2. The number of rotatable bonds is 48. The Balaban J connectivity index is 0.933. The van der Waals surface area contributed by atoms with Crippen molar-refractivity contribution < 1.29 is 108 Å². The van der Waals surface area contributed by atoms with Gasteiger partial charge in [-0.05, 0) is 226 Å². The number of amides is 2. The molecule has 0 saturated heterocycles. The Labute approximate surface area is 760 Å². The Morgan fingerprint density at radius 2 is 0.892 bits per heavy atom. The zero-order valence-corrected chi connectivity index (χ0v) is 77.9. The Morgan fingerprint density at radius 3 is 1.32 bits per heavy atom. The zero-order valence-electron chi connectivity index (χ0n) is 77.9. The number of imidazole rings is 2. The van der Waals surface area contributed by atoms with E-state index >= 15 is 0 Å². The number of ether oxygens (including phenoxy) is 6. The summed E-state index contributed by atoms with van der Waals surface area (Å²) in [5.74, 6) is -4.06. The number of carbonyl (C=O) groups is 8. The topological polar surface area (TPSA) is 546 Å². The van der Waals surface area contributed by atoms with Crippen LogP contribution in [0.15, 0.2) is 84.9 Å². The number of aromatic nitrogens is 4. The standard InChI is InChI=1S/C91H141N17O22/c1-88(2,3)127-73(110)37-32-64(80(117)93-41-21-43-107-49-55-45-53(27-30-58(55)95-68(86(107)123)47-77(114)125-15)84(121)105(13)51-70-97-60-23-17-18-24-61(60)98-70)103-82(119)66(34-39-75(112)129-90(7,8)9)101-72(109)36-29-57(92)79(116)102-67(35-40-76(113)130-91(10,11)12)83(120)104-65(33-38-74(111)128-89(4,5)6)81(118)94-42-22-44-108-50-56-46-54(28-31-59(56)96-69(87(108)124)48-78(115)126-16)85(122)106(14)52-71-99-62-25-19-20-26-63(62)100-71/h17-20,23-28,30-31,45-46,57,64-69,72,79,81-82,84-87,94-96,101-103,109,116,118-119,121-124H,21-22,29,32-44,47-52,92H2,1-16H3,(H,93,117)(H,97,98)(H,99,100)(H,104,120)/t57?,64-,65-,66-,67-,68+,69-,72-,79+,81+,82+,84-,85+,86-,87+/m0/s1. The zero-order chi connectivity index (χ0) is 95.7. The second-order valence-electron chi connectivity index (χ2n) is 37.5. The molecule has 0 radical (unpaired) electrons. The molecule has 2 amide bonds. The lowest BCUT2D eigenvalue weighted by molar-refractivity contribution is -0.156. The SMILES string of the molecule is COC(=O)C[C@@H]1Nc2ccc([C@@H](O)N(C)Cc3nc4ccccc4[nH]3)cc2CN(CCCN[C@H](O)[C@H](CCC(=O)OC(C)(C)C)NC(=O)[C@H](CCC(=O)OC(C)(C)C)N[C@H](O)C(N)CC[C@H](O)N[C@@H](CCC(=O)OC(C)(C)C)[C@@H](O)N[C@@H](CCC(=O)OC(C)(C)C)C(=O)NCCCN2Cc3cc([C@H](O)N(C)Cc4nc5ccccc5[nH]4)ccc3N[C@H](CC(=O)OC)[C@@H]2O)[C@@H]1O. The van der Waals surface area contributed by atoms with Crippen LogP contribution in [0.5, 0.6) is 0 Å². The van der Waals surface area contributed by atoms with Crippen LogP contribution in [-0.2, 0) is 93.0 Å². The van der Waals surface area contributed by atoms with E-state index in [9.17, 15) is 79.2 Å². The summed E-state index contributed by atoms with van der Waals surface area (Å²) < 4.78 is 32.4. The van der Waals surface area contributed by atoms with Gasteiger partial charge in [-0.25, -0.2) is 9.97 Å². The van der Waals surface area contributed by atoms with Crippen LogP contribution < -0.4 is 48.3 Å². The number of nitrogens with one attached hydrogen (secondary N) is 10. The molecule has 0 spiro atoms. The van der Waals surface area contributed by atoms with E-state index < -0.39 is 162 Å². The summed E-state index contributed by atoms with van der Waals surface area (Å²) in [7, 11) is 6.00. The van der Waals surface area contributed by atoms with Crippen molar-refractivity contribution >= 4 is 81.1 Å². The minimum Gasteiger partial charge on any atom is -0.469 e. The number of aliphatic hydroxyl groups excluding tert-OH is 8. The molecule has 722 valence electrons. The summed E-state index contributed by atoms with van der Waals surface area (Å²) in [6, 6.07) is 17.5. The normalized spacial score (nSPS) is 18.5. The van der Waals surface area contributed by atoms with Crippen molar-refractivity contribution in [3.63, 3.8) is 0 Å². The highest BCUT2D eigenvalue weighted by Crippen LogP contribution is 2.34. The number of hydrogen-bond donors (Lipinski definition) is 19. The van der Waals surface area contributed by atoms with Gasteiger partial charge >= 0.3 is 35.8 Å². The van der Waals surface area contributed by atoms with Crippen molar-refractivity contribution in [1.29, 1.82) is 0 Å². The van der Waals surface area contributed by atoms with Gasteiger partial charge in [-0.2, -0.15) is 0 Å². The smallest absolute Gasteiger partial charge is 0.307 e. The molecule has 15 atom stereocenters. The first-order chi connectivity index (χ1) is 61.1. The van der Waals surface area contributed by atoms with Crippen molar-refractivity contribution in [3.05, 3.63) is 119 Å². The summed E-state index contributed by atoms with van der Waals surface area (Å²) in [5, 5.41) is 119. The third-order valence-electron chi connectivity index (χ3n) is 21.7. The molecule has 0 bridgehead atoms. The fourth-order valence-electron chi connectivity index (χ4n) is 15.3. The Bertz CT molecular complexity index is 4600. The molecule has 8 rings (SSSR count). The van der Waals surface area contributed by atoms with E-state index in [-0.39, 0.29) is 142 Å². The number of nitrogens with two attached hydrogens (primary N) is 1. The highest BCUT2D eigenvalue weighted by Gasteiger charge is 2.38. The van der Waals surface area contributed by atoms with Gasteiger partial charge in [0.2, 0.25) is 11.8 Å². The second kappa shape index (κ2) is 48.8. The van der Waals surface area contributed by atoms with Crippen LogP contribution in [0.3, 0.4) is 0 Å². The average Bonchev–Trinajstić information content (AvgIpc) is 1.66. The van der Waals surface area contributed by atoms with E-state index in [1.165, 1.54) is 14.2 Å². The van der Waals surface area contributed by atoms with Crippen LogP contribution in [0.4, 0.5) is 11.4 Å². The predicted molar refractivity (Wildman–Crippen MR) is 483 cm³/mol. The molecule has 20 N–H and O–H groups in total. The molecule has 39 nitrogen and oxygen atoms in total. The Hall–Kier alpha value is -9.50. The highest BCUT2D eigenvalue weighted by molar-refractivity contribution is 5.84.